The fraction of sp³-hybridized carbons (Fsp3) is 0.200. The zero-order chi connectivity index (χ0) is 14.1. The van der Waals surface area contributed by atoms with Gasteiger partial charge in [0.05, 0.1) is 31.0 Å². The molecule has 0 amide bonds. The van der Waals surface area contributed by atoms with E-state index < -0.39 is 0 Å². The Kier molecular flexibility index (Phi) is 3.02. The fourth-order valence-corrected chi connectivity index (χ4v) is 2.32. The molecule has 2 heterocycles. The highest BCUT2D eigenvalue weighted by Crippen LogP contribution is 2.30. The van der Waals surface area contributed by atoms with Gasteiger partial charge in [-0.1, -0.05) is 24.3 Å². The summed E-state index contributed by atoms with van der Waals surface area (Å²) in [5.41, 5.74) is 3.06. The monoisotopic (exact) mass is 270 g/mol. The van der Waals surface area contributed by atoms with Crippen molar-refractivity contribution in [2.45, 2.75) is 6.92 Å². The van der Waals surface area contributed by atoms with Crippen molar-refractivity contribution in [3.05, 3.63) is 41.1 Å². The van der Waals surface area contributed by atoms with Crippen molar-refractivity contribution in [2.75, 3.05) is 13.7 Å². The van der Waals surface area contributed by atoms with Crippen LogP contribution in [0.15, 0.2) is 24.4 Å². The van der Waals surface area contributed by atoms with Gasteiger partial charge in [-0.3, -0.25) is 0 Å². The van der Waals surface area contributed by atoms with E-state index in [1.165, 1.54) is 6.20 Å². The fourth-order valence-electron chi connectivity index (χ4n) is 2.32. The van der Waals surface area contributed by atoms with E-state index in [1.54, 1.807) is 18.5 Å². The summed E-state index contributed by atoms with van der Waals surface area (Å²) < 4.78 is 12.1. The molecule has 0 unspecified atom stereocenters. The lowest BCUT2D eigenvalue weighted by Gasteiger charge is -2.08. The summed E-state index contributed by atoms with van der Waals surface area (Å²) in [6.07, 6.45) is 9.17. The summed E-state index contributed by atoms with van der Waals surface area (Å²) in [4.78, 5) is 12.0. The third-order valence-electron chi connectivity index (χ3n) is 3.17. The number of allylic oxidation sites excluding steroid dienone is 2. The molecule has 0 spiro atoms. The van der Waals surface area contributed by atoms with E-state index in [1.807, 2.05) is 30.4 Å². The van der Waals surface area contributed by atoms with Crippen LogP contribution in [0.2, 0.25) is 0 Å². The summed E-state index contributed by atoms with van der Waals surface area (Å²) in [6.45, 7) is 2.12. The van der Waals surface area contributed by atoms with E-state index in [0.717, 1.165) is 16.6 Å². The molecule has 1 aliphatic rings. The first-order chi connectivity index (χ1) is 9.76. The van der Waals surface area contributed by atoms with Crippen molar-refractivity contribution in [3.8, 4) is 5.88 Å². The molecule has 0 saturated heterocycles. The molecule has 2 aromatic heterocycles. The third kappa shape index (κ3) is 1.79. The Hall–Kier alpha value is -2.56. The molecule has 0 bridgehead atoms. The lowest BCUT2D eigenvalue weighted by atomic mass is 10.1. The molecule has 20 heavy (non-hydrogen) atoms. The van der Waals surface area contributed by atoms with E-state index in [4.69, 9.17) is 9.47 Å². The average molecular weight is 270 g/mol. The van der Waals surface area contributed by atoms with E-state index in [0.29, 0.717) is 18.1 Å². The second kappa shape index (κ2) is 4.85. The molecule has 0 radical (unpaired) electrons. The first-order valence-electron chi connectivity index (χ1n) is 6.37. The Morgan fingerprint density at radius 2 is 2.15 bits per heavy atom. The smallest absolute Gasteiger partial charge is 0.340 e. The molecule has 0 aliphatic heterocycles. The first kappa shape index (κ1) is 12.5. The Balaban J connectivity index is 2.31. The maximum atomic E-state index is 12.0. The molecule has 1 aliphatic carbocycles. The molecule has 2 aromatic rings. The lowest BCUT2D eigenvalue weighted by Crippen LogP contribution is -2.10. The summed E-state index contributed by atoms with van der Waals surface area (Å²) in [5, 5.41) is 4.28. The number of rotatable bonds is 3. The molecule has 3 rings (SSSR count). The largest absolute Gasteiger partial charge is 0.481 e. The van der Waals surface area contributed by atoms with Gasteiger partial charge in [-0.15, -0.1) is 0 Å². The van der Waals surface area contributed by atoms with Crippen molar-refractivity contribution in [1.82, 2.24) is 9.61 Å². The van der Waals surface area contributed by atoms with Gasteiger partial charge >= 0.3 is 5.97 Å². The minimum absolute atomic E-state index is 0.336. The second-order valence-electron chi connectivity index (χ2n) is 4.31. The maximum Gasteiger partial charge on any atom is 0.340 e. The first-order valence-corrected chi connectivity index (χ1v) is 6.37. The minimum Gasteiger partial charge on any atom is -0.481 e. The van der Waals surface area contributed by atoms with Gasteiger partial charge in [0.25, 0.3) is 0 Å². The summed E-state index contributed by atoms with van der Waals surface area (Å²) in [5.74, 6) is 0.266. The lowest BCUT2D eigenvalue weighted by molar-refractivity contribution is 0.0525. The molecule has 0 N–H and O–H groups in total. The van der Waals surface area contributed by atoms with Crippen LogP contribution in [-0.2, 0) is 4.74 Å². The predicted octanol–water partition coefficient (Wildman–Crippen LogP) is 2.56. The molecule has 0 fully saturated rings. The van der Waals surface area contributed by atoms with Crippen LogP contribution < -0.4 is 4.74 Å². The number of methoxy groups -OCH3 is 1. The highest BCUT2D eigenvalue weighted by Gasteiger charge is 2.20. The number of esters is 1. The van der Waals surface area contributed by atoms with Crippen molar-refractivity contribution < 1.29 is 14.3 Å². The zero-order valence-corrected chi connectivity index (χ0v) is 11.3. The Morgan fingerprint density at radius 1 is 1.35 bits per heavy atom. The van der Waals surface area contributed by atoms with Gasteiger partial charge in [0.15, 0.2) is 0 Å². The third-order valence-corrected chi connectivity index (χ3v) is 3.17. The maximum absolute atomic E-state index is 12.0. The van der Waals surface area contributed by atoms with Crippen LogP contribution in [0, 0.1) is 0 Å². The van der Waals surface area contributed by atoms with E-state index in [-0.39, 0.29) is 5.97 Å². The number of nitrogens with zero attached hydrogens (tertiary/aromatic N) is 2. The molecule has 0 saturated carbocycles. The van der Waals surface area contributed by atoms with Crippen LogP contribution in [0.4, 0.5) is 0 Å². The molecule has 0 aromatic carbocycles. The van der Waals surface area contributed by atoms with Gasteiger partial charge in [-0.25, -0.2) is 4.79 Å². The van der Waals surface area contributed by atoms with Crippen LogP contribution in [0.3, 0.4) is 0 Å². The number of carbonyl (C=O) groups is 1. The van der Waals surface area contributed by atoms with Crippen molar-refractivity contribution in [1.29, 1.82) is 0 Å². The molecule has 5 heteroatoms. The van der Waals surface area contributed by atoms with Crippen LogP contribution in [-0.4, -0.2) is 29.3 Å². The topological polar surface area (TPSA) is 52.8 Å². The molecule has 0 atom stereocenters. The van der Waals surface area contributed by atoms with Crippen LogP contribution in [0.25, 0.3) is 17.7 Å². The molecule has 5 nitrogen and oxygen atoms in total. The molecular weight excluding hydrogens is 256 g/mol. The standard InChI is InChI=1S/C15H14N2O3/c1-3-20-15(18)12-9-16-17-13(19-2)8-10-6-4-5-7-11(12)14(10)17/h4-9H,3H2,1-2H3. The minimum atomic E-state index is -0.366. The quantitative estimate of drug-likeness (QED) is 0.804. The highest BCUT2D eigenvalue weighted by atomic mass is 16.5. The predicted molar refractivity (Wildman–Crippen MR) is 75.8 cm³/mol. The SMILES string of the molecule is CCOC(=O)c1cnn2c(OC)cc3c2c1C=CC=C3. The number of hydrogen-bond donors (Lipinski definition) is 0. The van der Waals surface area contributed by atoms with Gasteiger partial charge in [-0.2, -0.15) is 9.61 Å². The Bertz CT molecular complexity index is 741. The molecular formula is C15H14N2O3. The van der Waals surface area contributed by atoms with Gasteiger partial charge in [0.1, 0.15) is 0 Å². The van der Waals surface area contributed by atoms with E-state index in [2.05, 4.69) is 5.10 Å². The molecule has 102 valence electrons. The highest BCUT2D eigenvalue weighted by molar-refractivity contribution is 5.99. The average Bonchev–Trinajstić information content (AvgIpc) is 2.68. The number of ether oxygens (including phenoxy) is 2. The number of aromatic nitrogens is 2. The van der Waals surface area contributed by atoms with Crippen molar-refractivity contribution >= 4 is 23.6 Å². The Labute approximate surface area is 116 Å². The van der Waals surface area contributed by atoms with Crippen LogP contribution in [0.5, 0.6) is 5.88 Å². The van der Waals surface area contributed by atoms with Crippen molar-refractivity contribution in [2.24, 2.45) is 0 Å². The van der Waals surface area contributed by atoms with Crippen LogP contribution in [0.1, 0.15) is 28.4 Å². The van der Waals surface area contributed by atoms with Gasteiger partial charge in [-0.05, 0) is 6.92 Å². The van der Waals surface area contributed by atoms with Gasteiger partial charge in [0.2, 0.25) is 5.88 Å². The van der Waals surface area contributed by atoms with Gasteiger partial charge < -0.3 is 9.47 Å². The second-order valence-corrected chi connectivity index (χ2v) is 4.31. The zero-order valence-electron chi connectivity index (χ0n) is 11.3. The Morgan fingerprint density at radius 3 is 2.90 bits per heavy atom. The normalized spacial score (nSPS) is 12.5. The summed E-state index contributed by atoms with van der Waals surface area (Å²) >= 11 is 0. The number of hydrogen-bond acceptors (Lipinski definition) is 4. The summed E-state index contributed by atoms with van der Waals surface area (Å²) in [7, 11) is 1.59. The van der Waals surface area contributed by atoms with Gasteiger partial charge in [0, 0.05) is 17.2 Å². The van der Waals surface area contributed by atoms with Crippen molar-refractivity contribution in [3.63, 3.8) is 0 Å². The van der Waals surface area contributed by atoms with Crippen LogP contribution >= 0.6 is 0 Å². The number of carbonyl (C=O) groups excluding carboxylic acids is 1. The van der Waals surface area contributed by atoms with E-state index in [9.17, 15) is 4.79 Å². The van der Waals surface area contributed by atoms with E-state index >= 15 is 0 Å². The summed E-state index contributed by atoms with van der Waals surface area (Å²) in [6, 6.07) is 1.89.